The molecule has 0 amide bonds. The number of nitrogens with zero attached hydrogens (tertiary/aromatic N) is 1. The molecule has 5 heteroatoms. The summed E-state index contributed by atoms with van der Waals surface area (Å²) in [5.74, 6) is 0. The van der Waals surface area contributed by atoms with E-state index >= 15 is 0 Å². The smallest absolute Gasteiger partial charge is 0.313 e. The molecule has 0 aromatic heterocycles. The molecule has 1 aromatic rings. The van der Waals surface area contributed by atoms with Crippen LogP contribution in [0.25, 0.3) is 0 Å². The number of non-ortho nitro benzene ring substituents is 1. The Balaban J connectivity index is 0. The second-order valence-corrected chi connectivity index (χ2v) is 1.43. The Kier molecular flexibility index (Phi) is 10.3. The summed E-state index contributed by atoms with van der Waals surface area (Å²) in [5, 5.41) is 9.96. The van der Waals surface area contributed by atoms with Crippen molar-refractivity contribution >= 4 is 5.69 Å². The first-order chi connectivity index (χ1) is 4.30. The van der Waals surface area contributed by atoms with E-state index in [1.165, 1.54) is 12.1 Å². The van der Waals surface area contributed by atoms with Gasteiger partial charge >= 0.3 is 58.2 Å². The van der Waals surface area contributed by atoms with E-state index in [0.29, 0.717) is 0 Å². The van der Waals surface area contributed by atoms with Crippen LogP contribution in [0.15, 0.2) is 18.2 Å². The van der Waals surface area contributed by atoms with Crippen LogP contribution < -0.4 is 58.2 Å². The molecule has 0 bridgehead atoms. The zero-order chi connectivity index (χ0) is 6.69. The number of nitro groups is 1. The molecule has 0 aliphatic carbocycles. The van der Waals surface area contributed by atoms with Gasteiger partial charge < -0.3 is 6.07 Å². The fourth-order valence-electron chi connectivity index (χ4n) is 0.449. The molecule has 1 radical (unpaired) electrons. The van der Waals surface area contributed by atoms with Crippen LogP contribution in [0.3, 0.4) is 0 Å². The van der Waals surface area contributed by atoms with Gasteiger partial charge in [-0.15, -0.1) is 0 Å². The van der Waals surface area contributed by atoms with Gasteiger partial charge in [0, 0.05) is 20.4 Å². The molecule has 3 nitrogen and oxygen atoms in total. The van der Waals surface area contributed by atoms with Crippen molar-refractivity contribution in [2.75, 3.05) is 0 Å². The molecule has 0 saturated heterocycles. The second-order valence-electron chi connectivity index (χ2n) is 1.43. The maximum Gasteiger partial charge on any atom is 1.00 e. The van der Waals surface area contributed by atoms with E-state index in [1.54, 1.807) is 6.07 Å². The second kappa shape index (κ2) is 7.72. The van der Waals surface area contributed by atoms with Crippen molar-refractivity contribution in [1.29, 1.82) is 0 Å². The molecule has 0 spiro atoms. The van der Waals surface area contributed by atoms with Crippen molar-refractivity contribution in [2.24, 2.45) is 0 Å². The van der Waals surface area contributed by atoms with Gasteiger partial charge in [0.15, 0.2) is 0 Å². The summed E-state index contributed by atoms with van der Waals surface area (Å²) in [6.07, 6.45) is 0. The minimum absolute atomic E-state index is 0. The van der Waals surface area contributed by atoms with Gasteiger partial charge in [0.1, 0.15) is 0 Å². The van der Waals surface area contributed by atoms with E-state index in [1.807, 2.05) is 0 Å². The van der Waals surface area contributed by atoms with Crippen molar-refractivity contribution in [1.82, 2.24) is 0 Å². The number of benzene rings is 1. The predicted molar refractivity (Wildman–Crippen MR) is 30.8 cm³/mol. The summed E-state index contributed by atoms with van der Waals surface area (Å²) < 4.78 is 0. The molecule has 0 unspecified atom stereocenters. The number of rotatable bonds is 1. The van der Waals surface area contributed by atoms with Crippen LogP contribution in [-0.4, -0.2) is 4.92 Å². The van der Waals surface area contributed by atoms with Gasteiger partial charge in [-0.3, -0.25) is 22.2 Å². The Labute approximate surface area is 127 Å². The SMILES string of the molecule is O=[N+]([O-])c1[c-]cc[c-]c1.[Rb+].[Re]. The molecule has 0 saturated carbocycles. The first kappa shape index (κ1) is 14.6. The summed E-state index contributed by atoms with van der Waals surface area (Å²) in [7, 11) is 0. The zero-order valence-corrected chi connectivity index (χ0v) is 13.5. The summed E-state index contributed by atoms with van der Waals surface area (Å²) in [5.41, 5.74) is -0.0440. The number of hydrogen-bond acceptors (Lipinski definition) is 2. The van der Waals surface area contributed by atoms with Crippen LogP contribution in [0.1, 0.15) is 0 Å². The molecule has 0 fully saturated rings. The largest absolute Gasteiger partial charge is 1.00 e. The minimum atomic E-state index is -0.503. The Bertz CT molecular complexity index is 217. The fraction of sp³-hybridized carbons (Fsp3) is 0. The van der Waals surface area contributed by atoms with Crippen molar-refractivity contribution in [3.8, 4) is 0 Å². The van der Waals surface area contributed by atoms with E-state index in [9.17, 15) is 10.1 Å². The van der Waals surface area contributed by atoms with Crippen LogP contribution in [0.5, 0.6) is 0 Å². The Morgan fingerprint density at radius 2 is 2.09 bits per heavy atom. The number of nitro benzene ring substituents is 1. The fourth-order valence-corrected chi connectivity index (χ4v) is 0.449. The number of hydrogen-bond donors (Lipinski definition) is 0. The molecular weight excluding hydrogens is 390 g/mol. The van der Waals surface area contributed by atoms with Crippen LogP contribution in [0, 0.1) is 22.2 Å². The maximum atomic E-state index is 9.96. The summed E-state index contributed by atoms with van der Waals surface area (Å²) in [6.45, 7) is 0. The van der Waals surface area contributed by atoms with E-state index < -0.39 is 4.92 Å². The van der Waals surface area contributed by atoms with Gasteiger partial charge in [0.05, 0.1) is 5.69 Å². The van der Waals surface area contributed by atoms with Gasteiger partial charge in [-0.25, -0.2) is 12.1 Å². The molecule has 1 rings (SSSR count). The normalized spacial score (nSPS) is 7.27. The Morgan fingerprint density at radius 3 is 2.36 bits per heavy atom. The summed E-state index contributed by atoms with van der Waals surface area (Å²) in [6, 6.07) is 9.30. The van der Waals surface area contributed by atoms with Crippen molar-refractivity contribution < 1.29 is 83.5 Å². The minimum Gasteiger partial charge on any atom is -0.313 e. The molecule has 1 aromatic carbocycles. The quantitative estimate of drug-likeness (QED) is 0.321. The molecule has 0 atom stereocenters. The van der Waals surface area contributed by atoms with Crippen molar-refractivity contribution in [2.45, 2.75) is 0 Å². The van der Waals surface area contributed by atoms with Crippen molar-refractivity contribution in [3.05, 3.63) is 40.4 Å². The molecule has 11 heavy (non-hydrogen) atoms. The first-order valence-electron chi connectivity index (χ1n) is 2.33. The molecule has 0 aliphatic heterocycles. The van der Waals surface area contributed by atoms with E-state index in [2.05, 4.69) is 12.1 Å². The molecule has 0 aliphatic rings. The summed E-state index contributed by atoms with van der Waals surface area (Å²) in [4.78, 5) is 9.45. The maximum absolute atomic E-state index is 9.96. The standard InChI is InChI=1S/C6H3NO2.Rb.Re/c8-7(9)6-4-2-1-3-5-6;;/h1-2,5H;;/q-2;+1;. The first-order valence-corrected chi connectivity index (χ1v) is 2.33. The average molecular weight is 393 g/mol. The topological polar surface area (TPSA) is 43.1 Å². The van der Waals surface area contributed by atoms with Gasteiger partial charge in [0.25, 0.3) is 0 Å². The predicted octanol–water partition coefficient (Wildman–Crippen LogP) is -1.80. The Hall–Kier alpha value is 1.09. The molecule has 53 valence electrons. The van der Waals surface area contributed by atoms with Crippen LogP contribution in [0.2, 0.25) is 0 Å². The van der Waals surface area contributed by atoms with Crippen LogP contribution in [0.4, 0.5) is 5.69 Å². The van der Waals surface area contributed by atoms with Crippen molar-refractivity contribution in [3.63, 3.8) is 0 Å². The Morgan fingerprint density at radius 1 is 1.45 bits per heavy atom. The van der Waals surface area contributed by atoms with Crippen LogP contribution >= 0.6 is 0 Å². The molecule has 0 N–H and O–H groups in total. The van der Waals surface area contributed by atoms with Gasteiger partial charge in [0.2, 0.25) is 0 Å². The third-order valence-corrected chi connectivity index (χ3v) is 0.828. The average Bonchev–Trinajstić information content (AvgIpc) is 1.90. The third-order valence-electron chi connectivity index (χ3n) is 0.828. The zero-order valence-electron chi connectivity index (χ0n) is 5.87. The van der Waals surface area contributed by atoms with E-state index in [-0.39, 0.29) is 84.3 Å². The molecular formula is C6H3NO2RbRe-. The van der Waals surface area contributed by atoms with E-state index in [4.69, 9.17) is 0 Å². The third kappa shape index (κ3) is 5.35. The van der Waals surface area contributed by atoms with Gasteiger partial charge in [-0.2, -0.15) is 0 Å². The van der Waals surface area contributed by atoms with Gasteiger partial charge in [-0.05, 0) is 4.92 Å². The monoisotopic (exact) mass is 393 g/mol. The summed E-state index contributed by atoms with van der Waals surface area (Å²) >= 11 is 0. The van der Waals surface area contributed by atoms with Crippen LogP contribution in [-0.2, 0) is 20.4 Å². The van der Waals surface area contributed by atoms with Gasteiger partial charge in [-0.1, -0.05) is 0 Å². The molecule has 0 heterocycles. The van der Waals surface area contributed by atoms with E-state index in [0.717, 1.165) is 0 Å².